The standard InChI is InChI=1S/C14H24N2O3/c17-12(18)6-4-10-15-13(19)16-11-5-9-14(16)7-2-1-3-8-14/h1-11H2,(H,15,19)(H,17,18). The minimum Gasteiger partial charge on any atom is -0.481 e. The van der Waals surface area contributed by atoms with Crippen molar-refractivity contribution in [2.45, 2.75) is 63.3 Å². The zero-order valence-electron chi connectivity index (χ0n) is 11.5. The van der Waals surface area contributed by atoms with E-state index in [9.17, 15) is 9.59 Å². The van der Waals surface area contributed by atoms with Crippen LogP contribution in [-0.4, -0.2) is 40.6 Å². The van der Waals surface area contributed by atoms with Crippen molar-refractivity contribution >= 4 is 12.0 Å². The molecule has 0 unspecified atom stereocenters. The summed E-state index contributed by atoms with van der Waals surface area (Å²) >= 11 is 0. The maximum Gasteiger partial charge on any atom is 0.317 e. The Labute approximate surface area is 114 Å². The number of hydrogen-bond donors (Lipinski definition) is 2. The molecule has 0 bridgehead atoms. The SMILES string of the molecule is O=C(O)CCCNC(=O)N1CCCC12CCCCC2. The van der Waals surface area contributed by atoms with Gasteiger partial charge in [-0.2, -0.15) is 0 Å². The number of carbonyl (C=O) groups is 2. The molecular formula is C14H24N2O3. The number of carboxylic acids is 1. The molecule has 108 valence electrons. The van der Waals surface area contributed by atoms with Gasteiger partial charge in [-0.25, -0.2) is 4.79 Å². The highest BCUT2D eigenvalue weighted by molar-refractivity contribution is 5.75. The summed E-state index contributed by atoms with van der Waals surface area (Å²) in [7, 11) is 0. The molecule has 0 aromatic rings. The molecule has 2 aliphatic rings. The van der Waals surface area contributed by atoms with Gasteiger partial charge in [-0.05, 0) is 32.1 Å². The van der Waals surface area contributed by atoms with Gasteiger partial charge >= 0.3 is 12.0 Å². The first-order chi connectivity index (χ1) is 9.14. The number of hydrogen-bond acceptors (Lipinski definition) is 2. The van der Waals surface area contributed by atoms with Crippen LogP contribution in [0.1, 0.15) is 57.8 Å². The van der Waals surface area contributed by atoms with Crippen LogP contribution in [0.2, 0.25) is 0 Å². The van der Waals surface area contributed by atoms with E-state index in [0.29, 0.717) is 13.0 Å². The molecule has 2 amide bonds. The Balaban J connectivity index is 1.82. The van der Waals surface area contributed by atoms with Gasteiger partial charge in [0.15, 0.2) is 0 Å². The van der Waals surface area contributed by atoms with E-state index in [1.807, 2.05) is 4.90 Å². The van der Waals surface area contributed by atoms with E-state index in [1.54, 1.807) is 0 Å². The smallest absolute Gasteiger partial charge is 0.317 e. The summed E-state index contributed by atoms with van der Waals surface area (Å²) in [4.78, 5) is 24.7. The number of nitrogens with one attached hydrogen (secondary N) is 1. The Kier molecular flexibility index (Phi) is 4.66. The van der Waals surface area contributed by atoms with Crippen molar-refractivity contribution in [3.05, 3.63) is 0 Å². The van der Waals surface area contributed by atoms with Crippen LogP contribution in [0.3, 0.4) is 0 Å². The number of carbonyl (C=O) groups excluding carboxylic acids is 1. The van der Waals surface area contributed by atoms with Gasteiger partial charge in [0.1, 0.15) is 0 Å². The lowest BCUT2D eigenvalue weighted by molar-refractivity contribution is -0.137. The normalized spacial score (nSPS) is 21.6. The lowest BCUT2D eigenvalue weighted by atomic mass is 9.80. The zero-order chi connectivity index (χ0) is 13.7. The Morgan fingerprint density at radius 3 is 2.47 bits per heavy atom. The second-order valence-corrected chi connectivity index (χ2v) is 5.77. The summed E-state index contributed by atoms with van der Waals surface area (Å²) in [5.74, 6) is -0.806. The molecule has 1 saturated heterocycles. The van der Waals surface area contributed by atoms with Crippen LogP contribution in [0.15, 0.2) is 0 Å². The monoisotopic (exact) mass is 268 g/mol. The van der Waals surface area contributed by atoms with Crippen LogP contribution < -0.4 is 5.32 Å². The third-order valence-electron chi connectivity index (χ3n) is 4.47. The lowest BCUT2D eigenvalue weighted by Crippen LogP contribution is -2.52. The van der Waals surface area contributed by atoms with Gasteiger partial charge in [0.2, 0.25) is 0 Å². The minimum absolute atomic E-state index is 0.00443. The summed E-state index contributed by atoms with van der Waals surface area (Å²) in [6.45, 7) is 1.31. The number of likely N-dealkylation sites (tertiary alicyclic amines) is 1. The second-order valence-electron chi connectivity index (χ2n) is 5.77. The molecule has 0 aromatic heterocycles. The van der Waals surface area contributed by atoms with E-state index in [-0.39, 0.29) is 18.0 Å². The molecule has 1 aliphatic carbocycles. The number of aliphatic carboxylic acids is 1. The zero-order valence-corrected chi connectivity index (χ0v) is 11.5. The summed E-state index contributed by atoms with van der Waals surface area (Å²) in [6.07, 6.45) is 8.86. The van der Waals surface area contributed by atoms with Crippen LogP contribution in [-0.2, 0) is 4.79 Å². The number of rotatable bonds is 4. The van der Waals surface area contributed by atoms with E-state index >= 15 is 0 Å². The Morgan fingerprint density at radius 2 is 1.79 bits per heavy atom. The van der Waals surface area contributed by atoms with Crippen molar-refractivity contribution in [2.24, 2.45) is 0 Å². The van der Waals surface area contributed by atoms with Gasteiger partial charge in [-0.3, -0.25) is 4.79 Å². The highest BCUT2D eigenvalue weighted by Gasteiger charge is 2.43. The van der Waals surface area contributed by atoms with Gasteiger partial charge in [0.25, 0.3) is 0 Å². The Hall–Kier alpha value is -1.26. The van der Waals surface area contributed by atoms with Gasteiger partial charge in [-0.15, -0.1) is 0 Å². The molecular weight excluding hydrogens is 244 g/mol. The van der Waals surface area contributed by atoms with E-state index in [2.05, 4.69) is 5.32 Å². The molecule has 1 aliphatic heterocycles. The first-order valence-electron chi connectivity index (χ1n) is 7.41. The summed E-state index contributed by atoms with van der Waals surface area (Å²) in [5, 5.41) is 11.4. The van der Waals surface area contributed by atoms with E-state index < -0.39 is 5.97 Å². The summed E-state index contributed by atoms with van der Waals surface area (Å²) in [6, 6.07) is 0.00443. The molecule has 0 radical (unpaired) electrons. The first kappa shape index (κ1) is 14.2. The minimum atomic E-state index is -0.806. The van der Waals surface area contributed by atoms with Crippen molar-refractivity contribution in [3.63, 3.8) is 0 Å². The largest absolute Gasteiger partial charge is 0.481 e. The van der Waals surface area contributed by atoms with Crippen molar-refractivity contribution in [2.75, 3.05) is 13.1 Å². The fourth-order valence-electron chi connectivity index (χ4n) is 3.52. The number of amides is 2. The van der Waals surface area contributed by atoms with Crippen LogP contribution >= 0.6 is 0 Å². The molecule has 2 fully saturated rings. The number of nitrogens with zero attached hydrogens (tertiary/aromatic N) is 1. The predicted molar refractivity (Wildman–Crippen MR) is 72.0 cm³/mol. The highest BCUT2D eigenvalue weighted by atomic mass is 16.4. The average molecular weight is 268 g/mol. The van der Waals surface area contributed by atoms with Crippen LogP contribution in [0.5, 0.6) is 0 Å². The molecule has 5 nitrogen and oxygen atoms in total. The van der Waals surface area contributed by atoms with Crippen molar-refractivity contribution in [1.29, 1.82) is 0 Å². The molecule has 5 heteroatoms. The Bertz CT molecular complexity index is 338. The third-order valence-corrected chi connectivity index (χ3v) is 4.47. The quantitative estimate of drug-likeness (QED) is 0.769. The second kappa shape index (κ2) is 6.26. The van der Waals surface area contributed by atoms with Crippen molar-refractivity contribution in [3.8, 4) is 0 Å². The van der Waals surface area contributed by atoms with E-state index in [1.165, 1.54) is 19.3 Å². The summed E-state index contributed by atoms with van der Waals surface area (Å²) < 4.78 is 0. The van der Waals surface area contributed by atoms with Gasteiger partial charge in [-0.1, -0.05) is 19.3 Å². The van der Waals surface area contributed by atoms with Gasteiger partial charge in [0.05, 0.1) is 0 Å². The Morgan fingerprint density at radius 1 is 1.11 bits per heavy atom. The maximum absolute atomic E-state index is 12.2. The van der Waals surface area contributed by atoms with Crippen LogP contribution in [0.4, 0.5) is 4.79 Å². The predicted octanol–water partition coefficient (Wildman–Crippen LogP) is 2.36. The van der Waals surface area contributed by atoms with Crippen LogP contribution in [0, 0.1) is 0 Å². The molecule has 2 rings (SSSR count). The molecule has 19 heavy (non-hydrogen) atoms. The molecule has 1 spiro atoms. The first-order valence-corrected chi connectivity index (χ1v) is 7.41. The molecule has 0 atom stereocenters. The topological polar surface area (TPSA) is 69.6 Å². The van der Waals surface area contributed by atoms with E-state index in [4.69, 9.17) is 5.11 Å². The molecule has 1 heterocycles. The molecule has 2 N–H and O–H groups in total. The van der Waals surface area contributed by atoms with Crippen LogP contribution in [0.25, 0.3) is 0 Å². The summed E-state index contributed by atoms with van der Waals surface area (Å²) in [5.41, 5.74) is 0.106. The van der Waals surface area contributed by atoms with E-state index in [0.717, 1.165) is 32.2 Å². The number of carboxylic acid groups (broad SMARTS) is 1. The molecule has 0 aromatic carbocycles. The third kappa shape index (κ3) is 3.39. The van der Waals surface area contributed by atoms with Gasteiger partial charge in [0, 0.05) is 25.0 Å². The average Bonchev–Trinajstić information content (AvgIpc) is 2.78. The fraction of sp³-hybridized carbons (Fsp3) is 0.857. The fourth-order valence-corrected chi connectivity index (χ4v) is 3.52. The molecule has 1 saturated carbocycles. The van der Waals surface area contributed by atoms with Crippen molar-refractivity contribution in [1.82, 2.24) is 10.2 Å². The number of urea groups is 1. The van der Waals surface area contributed by atoms with Gasteiger partial charge < -0.3 is 15.3 Å². The lowest BCUT2D eigenvalue weighted by Gasteiger charge is -2.41. The maximum atomic E-state index is 12.2. The van der Waals surface area contributed by atoms with Crippen molar-refractivity contribution < 1.29 is 14.7 Å². The highest BCUT2D eigenvalue weighted by Crippen LogP contribution is 2.41.